The highest BCUT2D eigenvalue weighted by Gasteiger charge is 2.13. The number of Topliss-reactive ketones (excluding diaryl/α,β-unsaturated/α-hetero) is 1. The Hall–Kier alpha value is -2.16. The first-order valence-electron chi connectivity index (χ1n) is 6.12. The van der Waals surface area contributed by atoms with E-state index in [2.05, 4.69) is 16.4 Å². The number of hydrogen-bond acceptors (Lipinski definition) is 3. The molecule has 2 heterocycles. The summed E-state index contributed by atoms with van der Waals surface area (Å²) in [6.07, 6.45) is 4.91. The van der Waals surface area contributed by atoms with Crippen LogP contribution in [-0.4, -0.2) is 17.3 Å². The number of aromatic nitrogens is 1. The van der Waals surface area contributed by atoms with Gasteiger partial charge in [0, 0.05) is 36.6 Å². The summed E-state index contributed by atoms with van der Waals surface area (Å²) in [6, 6.07) is 9.70. The Morgan fingerprint density at radius 1 is 1.22 bits per heavy atom. The molecule has 0 unspecified atom stereocenters. The van der Waals surface area contributed by atoms with Gasteiger partial charge in [-0.25, -0.2) is 0 Å². The molecular weight excluding hydrogens is 224 g/mol. The van der Waals surface area contributed by atoms with Gasteiger partial charge in [0.15, 0.2) is 5.78 Å². The molecule has 1 aliphatic rings. The highest BCUT2D eigenvalue weighted by Crippen LogP contribution is 2.23. The Morgan fingerprint density at radius 3 is 2.89 bits per heavy atom. The van der Waals surface area contributed by atoms with Crippen molar-refractivity contribution in [1.82, 2.24) is 4.98 Å². The average molecular weight is 238 g/mol. The Bertz CT molecular complexity index is 578. The second-order valence-corrected chi connectivity index (χ2v) is 4.50. The van der Waals surface area contributed by atoms with E-state index in [1.54, 1.807) is 12.4 Å². The number of pyridine rings is 1. The number of carbonyl (C=O) groups excluding carboxylic acids is 1. The topological polar surface area (TPSA) is 42.0 Å². The summed E-state index contributed by atoms with van der Waals surface area (Å²) in [7, 11) is 0. The minimum Gasteiger partial charge on any atom is -0.384 e. The highest BCUT2D eigenvalue weighted by atomic mass is 16.1. The van der Waals surface area contributed by atoms with Crippen LogP contribution in [0, 0.1) is 0 Å². The number of benzene rings is 1. The minimum absolute atomic E-state index is 0.151. The van der Waals surface area contributed by atoms with Crippen LogP contribution in [0.5, 0.6) is 0 Å². The summed E-state index contributed by atoms with van der Waals surface area (Å²) in [6.45, 7) is 0.970. The summed E-state index contributed by atoms with van der Waals surface area (Å²) in [5.74, 6) is 0.151. The first-order valence-corrected chi connectivity index (χ1v) is 6.12. The van der Waals surface area contributed by atoms with Crippen molar-refractivity contribution in [3.8, 4) is 0 Å². The molecule has 1 aliphatic heterocycles. The van der Waals surface area contributed by atoms with Crippen LogP contribution in [0.3, 0.4) is 0 Å². The summed E-state index contributed by atoms with van der Waals surface area (Å²) in [5, 5.41) is 3.30. The Morgan fingerprint density at radius 2 is 2.06 bits per heavy atom. The maximum Gasteiger partial charge on any atom is 0.167 e. The molecule has 1 aromatic carbocycles. The number of carbonyl (C=O) groups is 1. The smallest absolute Gasteiger partial charge is 0.167 e. The molecule has 1 N–H and O–H groups in total. The number of rotatable bonds is 3. The monoisotopic (exact) mass is 238 g/mol. The third-order valence-electron chi connectivity index (χ3n) is 3.26. The van der Waals surface area contributed by atoms with Crippen molar-refractivity contribution in [3.05, 3.63) is 59.4 Å². The third-order valence-corrected chi connectivity index (χ3v) is 3.26. The van der Waals surface area contributed by atoms with E-state index in [4.69, 9.17) is 0 Å². The molecular formula is C15H14N2O. The van der Waals surface area contributed by atoms with E-state index in [1.807, 2.05) is 24.3 Å². The fraction of sp³-hybridized carbons (Fsp3) is 0.200. The van der Waals surface area contributed by atoms with Crippen molar-refractivity contribution >= 4 is 11.5 Å². The number of nitrogens with zero attached hydrogens (tertiary/aromatic N) is 1. The molecule has 1 aromatic heterocycles. The molecule has 0 saturated heterocycles. The zero-order valence-corrected chi connectivity index (χ0v) is 10.0. The van der Waals surface area contributed by atoms with E-state index in [0.29, 0.717) is 6.42 Å². The summed E-state index contributed by atoms with van der Waals surface area (Å²) in [5.41, 5.74) is 4.19. The van der Waals surface area contributed by atoms with E-state index < -0.39 is 0 Å². The molecule has 0 aliphatic carbocycles. The largest absolute Gasteiger partial charge is 0.384 e. The van der Waals surface area contributed by atoms with Gasteiger partial charge in [0.2, 0.25) is 0 Å². The molecule has 3 rings (SSSR count). The van der Waals surface area contributed by atoms with Crippen molar-refractivity contribution in [1.29, 1.82) is 0 Å². The summed E-state index contributed by atoms with van der Waals surface area (Å²) >= 11 is 0. The van der Waals surface area contributed by atoms with Crippen LogP contribution in [0.4, 0.5) is 5.69 Å². The van der Waals surface area contributed by atoms with Crippen LogP contribution in [0.1, 0.15) is 21.5 Å². The predicted molar refractivity (Wildman–Crippen MR) is 70.9 cm³/mol. The zero-order chi connectivity index (χ0) is 12.4. The lowest BCUT2D eigenvalue weighted by atomic mass is 10.0. The first-order chi connectivity index (χ1) is 8.83. The van der Waals surface area contributed by atoms with Gasteiger partial charge in [-0.2, -0.15) is 0 Å². The first kappa shape index (κ1) is 11.0. The van der Waals surface area contributed by atoms with Crippen molar-refractivity contribution < 1.29 is 4.79 Å². The maximum atomic E-state index is 12.2. The maximum absolute atomic E-state index is 12.2. The fourth-order valence-electron chi connectivity index (χ4n) is 2.25. The quantitative estimate of drug-likeness (QED) is 0.835. The second kappa shape index (κ2) is 4.61. The van der Waals surface area contributed by atoms with E-state index >= 15 is 0 Å². The summed E-state index contributed by atoms with van der Waals surface area (Å²) in [4.78, 5) is 16.1. The van der Waals surface area contributed by atoms with Gasteiger partial charge in [-0.05, 0) is 35.7 Å². The lowest BCUT2D eigenvalue weighted by Crippen LogP contribution is -2.04. The molecule has 90 valence electrons. The molecule has 0 atom stereocenters. The van der Waals surface area contributed by atoms with E-state index in [9.17, 15) is 4.79 Å². The standard InChI is InChI=1S/C15H14N2O/c18-15(9-11-3-6-16-7-4-11)13-2-1-12-5-8-17-14(12)10-13/h1-4,6-7,10,17H,5,8-9H2. The van der Waals surface area contributed by atoms with Gasteiger partial charge in [0.25, 0.3) is 0 Å². The number of nitrogens with one attached hydrogen (secondary N) is 1. The molecule has 3 heteroatoms. The minimum atomic E-state index is 0.151. The molecule has 0 fully saturated rings. The van der Waals surface area contributed by atoms with Crippen molar-refractivity contribution in [2.45, 2.75) is 12.8 Å². The molecule has 0 bridgehead atoms. The van der Waals surface area contributed by atoms with Gasteiger partial charge < -0.3 is 5.32 Å². The lowest BCUT2D eigenvalue weighted by Gasteiger charge is -2.04. The van der Waals surface area contributed by atoms with Crippen LogP contribution >= 0.6 is 0 Å². The van der Waals surface area contributed by atoms with Crippen LogP contribution in [0.15, 0.2) is 42.7 Å². The van der Waals surface area contributed by atoms with Crippen LogP contribution < -0.4 is 5.32 Å². The molecule has 0 saturated carbocycles. The molecule has 0 amide bonds. The molecule has 3 nitrogen and oxygen atoms in total. The molecule has 0 spiro atoms. The van der Waals surface area contributed by atoms with Crippen molar-refractivity contribution in [3.63, 3.8) is 0 Å². The Kier molecular flexibility index (Phi) is 2.81. The normalized spacial score (nSPS) is 12.9. The van der Waals surface area contributed by atoms with Crippen molar-refractivity contribution in [2.24, 2.45) is 0 Å². The van der Waals surface area contributed by atoms with Gasteiger partial charge in [-0.15, -0.1) is 0 Å². The molecule has 2 aromatic rings. The number of hydrogen-bond donors (Lipinski definition) is 1. The third kappa shape index (κ3) is 2.12. The van der Waals surface area contributed by atoms with Crippen LogP contribution in [0.2, 0.25) is 0 Å². The Balaban J connectivity index is 1.81. The fourth-order valence-corrected chi connectivity index (χ4v) is 2.25. The van der Waals surface area contributed by atoms with E-state index in [0.717, 1.165) is 29.8 Å². The van der Waals surface area contributed by atoms with Crippen LogP contribution in [-0.2, 0) is 12.8 Å². The van der Waals surface area contributed by atoms with Crippen LogP contribution in [0.25, 0.3) is 0 Å². The number of anilines is 1. The van der Waals surface area contributed by atoms with Gasteiger partial charge in [0.1, 0.15) is 0 Å². The van der Waals surface area contributed by atoms with Gasteiger partial charge in [-0.3, -0.25) is 9.78 Å². The lowest BCUT2D eigenvalue weighted by molar-refractivity contribution is 0.0993. The van der Waals surface area contributed by atoms with Gasteiger partial charge >= 0.3 is 0 Å². The van der Waals surface area contributed by atoms with Crippen molar-refractivity contribution in [2.75, 3.05) is 11.9 Å². The average Bonchev–Trinajstić information content (AvgIpc) is 2.87. The number of fused-ring (bicyclic) bond motifs is 1. The second-order valence-electron chi connectivity index (χ2n) is 4.50. The summed E-state index contributed by atoms with van der Waals surface area (Å²) < 4.78 is 0. The van der Waals surface area contributed by atoms with Gasteiger partial charge in [-0.1, -0.05) is 12.1 Å². The van der Waals surface area contributed by atoms with E-state index in [1.165, 1.54) is 5.56 Å². The molecule has 0 radical (unpaired) electrons. The SMILES string of the molecule is O=C(Cc1ccncc1)c1ccc2c(c1)NCC2. The Labute approximate surface area is 106 Å². The predicted octanol–water partition coefficient (Wildman–Crippen LogP) is 2.48. The highest BCUT2D eigenvalue weighted by molar-refractivity contribution is 5.98. The van der Waals surface area contributed by atoms with E-state index in [-0.39, 0.29) is 5.78 Å². The molecule has 18 heavy (non-hydrogen) atoms. The number of ketones is 1. The van der Waals surface area contributed by atoms with Gasteiger partial charge in [0.05, 0.1) is 0 Å². The zero-order valence-electron chi connectivity index (χ0n) is 10.0.